The average Bonchev–Trinajstić information content (AvgIpc) is 3.36. The third kappa shape index (κ3) is 5.50. The quantitative estimate of drug-likeness (QED) is 0.119. The first-order chi connectivity index (χ1) is 21.3. The molecule has 3 bridgehead atoms. The van der Waals surface area contributed by atoms with Gasteiger partial charge >= 0.3 is 0 Å². The normalized spacial score (nSPS) is 45.1. The van der Waals surface area contributed by atoms with E-state index in [1.807, 2.05) is 6.92 Å². The first kappa shape index (κ1) is 35.7. The number of hydrogen-bond donors (Lipinski definition) is 4. The van der Waals surface area contributed by atoms with Crippen molar-refractivity contribution in [1.82, 2.24) is 0 Å². The highest BCUT2D eigenvalue weighted by molar-refractivity contribution is 6.22. The SMILES string of the molecule is CCCCCCCCCCCCCCC[C@]12O[C@@H]3[C@@H]4[C@H](Cl)[C@@](O)(CO)[C@@H](O)[C@]5(O)C(=O)C(C)=C[C@H]5[C@]4(O1)[C@H](C)C[C@]3(C(C)C)O2. The molecule has 0 spiro atoms. The Bertz CT molecular complexity index is 1100. The molecule has 5 aliphatic rings. The molecular formula is C36H59ClO8. The van der Waals surface area contributed by atoms with E-state index >= 15 is 0 Å². The summed E-state index contributed by atoms with van der Waals surface area (Å²) in [5.74, 6) is -4.16. The molecule has 9 heteroatoms. The molecule has 0 unspecified atom stereocenters. The van der Waals surface area contributed by atoms with Crippen LogP contribution in [0.15, 0.2) is 11.6 Å². The van der Waals surface area contributed by atoms with E-state index in [4.69, 9.17) is 25.8 Å². The van der Waals surface area contributed by atoms with Crippen LogP contribution in [-0.4, -0.2) is 78.8 Å². The predicted molar refractivity (Wildman–Crippen MR) is 173 cm³/mol. The van der Waals surface area contributed by atoms with E-state index in [2.05, 4.69) is 20.8 Å². The van der Waals surface area contributed by atoms with Crippen LogP contribution in [-0.2, 0) is 19.0 Å². The van der Waals surface area contributed by atoms with Gasteiger partial charge in [-0.3, -0.25) is 4.79 Å². The topological polar surface area (TPSA) is 126 Å². The summed E-state index contributed by atoms with van der Waals surface area (Å²) in [7, 11) is 0. The number of halogens is 1. The fraction of sp³-hybridized carbons (Fsp3) is 0.917. The lowest BCUT2D eigenvalue weighted by atomic mass is 9.53. The molecule has 5 rings (SSSR count). The molecule has 258 valence electrons. The standard InChI is InChI=1S/C36H59ClO8/c1-6-7-8-9-10-11-12-13-14-15-16-17-18-19-34-43-30-27-28(37)32(41,22-38)31(40)35(42)26(20-24(4)29(35)39)36(27,45-34)25(5)21-33(30,44-34)23(2)3/h20,23,25-28,30-31,38,40-42H,6-19,21-22H2,1-5H3/t25-,26-,27+,28+,30-,31-,32+,33-,34-,35-,36-/m1/s1. The van der Waals surface area contributed by atoms with Crippen molar-refractivity contribution in [3.05, 3.63) is 11.6 Å². The zero-order valence-electron chi connectivity index (χ0n) is 28.2. The lowest BCUT2D eigenvalue weighted by molar-refractivity contribution is -0.429. The van der Waals surface area contributed by atoms with Crippen molar-refractivity contribution in [3.8, 4) is 0 Å². The molecule has 8 nitrogen and oxygen atoms in total. The molecule has 4 N–H and O–H groups in total. The zero-order chi connectivity index (χ0) is 32.8. The van der Waals surface area contributed by atoms with E-state index in [-0.39, 0.29) is 17.4 Å². The first-order valence-electron chi connectivity index (χ1n) is 18.0. The van der Waals surface area contributed by atoms with Crippen LogP contribution in [0.25, 0.3) is 0 Å². The van der Waals surface area contributed by atoms with Crippen molar-refractivity contribution in [2.45, 2.75) is 177 Å². The van der Waals surface area contributed by atoms with E-state index in [1.165, 1.54) is 64.2 Å². The van der Waals surface area contributed by atoms with Crippen LogP contribution < -0.4 is 0 Å². The summed E-state index contributed by atoms with van der Waals surface area (Å²) in [5.41, 5.74) is -6.62. The van der Waals surface area contributed by atoms with Crippen molar-refractivity contribution < 1.29 is 39.4 Å². The monoisotopic (exact) mass is 654 g/mol. The smallest absolute Gasteiger partial charge is 0.284 e. The molecule has 2 saturated heterocycles. The lowest BCUT2D eigenvalue weighted by Crippen LogP contribution is -2.73. The molecular weight excluding hydrogens is 596 g/mol. The molecule has 45 heavy (non-hydrogen) atoms. The molecule has 2 heterocycles. The molecule has 0 aromatic carbocycles. The molecule has 3 aliphatic carbocycles. The summed E-state index contributed by atoms with van der Waals surface area (Å²) >= 11 is 7.12. The second kappa shape index (κ2) is 13.4. The van der Waals surface area contributed by atoms with Gasteiger partial charge in [0.25, 0.3) is 5.97 Å². The minimum absolute atomic E-state index is 0.00111. The third-order valence-corrected chi connectivity index (χ3v) is 13.0. The van der Waals surface area contributed by atoms with Gasteiger partial charge in [-0.2, -0.15) is 0 Å². The number of aliphatic hydroxyl groups is 4. The van der Waals surface area contributed by atoms with Gasteiger partial charge in [0, 0.05) is 18.3 Å². The molecule has 4 fully saturated rings. The van der Waals surface area contributed by atoms with Crippen molar-refractivity contribution in [3.63, 3.8) is 0 Å². The van der Waals surface area contributed by atoms with E-state index in [1.54, 1.807) is 13.0 Å². The van der Waals surface area contributed by atoms with Gasteiger partial charge in [0.1, 0.15) is 17.3 Å². The maximum Gasteiger partial charge on any atom is 0.284 e. The first-order valence-corrected chi connectivity index (χ1v) is 18.4. The van der Waals surface area contributed by atoms with Gasteiger partial charge in [-0.1, -0.05) is 111 Å². The van der Waals surface area contributed by atoms with Crippen LogP contribution in [0.2, 0.25) is 0 Å². The number of alkyl halides is 1. The van der Waals surface area contributed by atoms with Crippen LogP contribution in [0.3, 0.4) is 0 Å². The average molecular weight is 655 g/mol. The van der Waals surface area contributed by atoms with Crippen molar-refractivity contribution >= 4 is 17.4 Å². The van der Waals surface area contributed by atoms with Crippen LogP contribution in [0, 0.1) is 23.7 Å². The van der Waals surface area contributed by atoms with Gasteiger partial charge in [0.2, 0.25) is 0 Å². The minimum Gasteiger partial charge on any atom is -0.393 e. The largest absolute Gasteiger partial charge is 0.393 e. The maximum absolute atomic E-state index is 13.6. The third-order valence-electron chi connectivity index (χ3n) is 12.3. The Labute approximate surface area is 275 Å². The maximum atomic E-state index is 13.6. The van der Waals surface area contributed by atoms with Gasteiger partial charge < -0.3 is 34.6 Å². The van der Waals surface area contributed by atoms with E-state index in [9.17, 15) is 25.2 Å². The molecule has 0 amide bonds. The van der Waals surface area contributed by atoms with Gasteiger partial charge in [0.05, 0.1) is 23.7 Å². The number of hydrogen-bond acceptors (Lipinski definition) is 8. The van der Waals surface area contributed by atoms with Crippen LogP contribution in [0.4, 0.5) is 0 Å². The molecule has 11 atom stereocenters. The Morgan fingerprint density at radius 3 is 2.04 bits per heavy atom. The minimum atomic E-state index is -2.43. The number of carbonyl (C=O) groups is 1. The Morgan fingerprint density at radius 1 is 0.956 bits per heavy atom. The number of unbranched alkanes of at least 4 members (excludes halogenated alkanes) is 12. The summed E-state index contributed by atoms with van der Waals surface area (Å²) in [5, 5.41) is 44.7. The summed E-state index contributed by atoms with van der Waals surface area (Å²) in [6.07, 6.45) is 16.1. The highest BCUT2D eigenvalue weighted by Crippen LogP contribution is 2.70. The van der Waals surface area contributed by atoms with E-state index in [0.717, 1.165) is 19.3 Å². The fourth-order valence-corrected chi connectivity index (χ4v) is 10.3. The highest BCUT2D eigenvalue weighted by atomic mass is 35.5. The second-order valence-electron chi connectivity index (χ2n) is 15.4. The molecule has 2 saturated carbocycles. The number of ether oxygens (including phenoxy) is 3. The van der Waals surface area contributed by atoms with Crippen molar-refractivity contribution in [2.75, 3.05) is 6.61 Å². The Balaban J connectivity index is 1.33. The number of Topliss-reactive ketones (excluding diaryl/α,β-unsaturated/α-hetero) is 1. The predicted octanol–water partition coefficient (Wildman–Crippen LogP) is 5.94. The summed E-state index contributed by atoms with van der Waals surface area (Å²) < 4.78 is 20.7. The fourth-order valence-electron chi connectivity index (χ4n) is 9.74. The number of rotatable bonds is 16. The Hall–Kier alpha value is -0.580. The van der Waals surface area contributed by atoms with Gasteiger partial charge in [-0.15, -0.1) is 11.6 Å². The number of fused-ring (bicyclic) bond motifs is 2. The lowest BCUT2D eigenvalue weighted by Gasteiger charge is -2.61. The Morgan fingerprint density at radius 2 is 1.51 bits per heavy atom. The number of ketones is 1. The van der Waals surface area contributed by atoms with Crippen LogP contribution >= 0.6 is 11.6 Å². The van der Waals surface area contributed by atoms with Gasteiger partial charge in [0.15, 0.2) is 11.4 Å². The van der Waals surface area contributed by atoms with Gasteiger partial charge in [-0.05, 0) is 37.2 Å². The summed E-state index contributed by atoms with van der Waals surface area (Å²) in [6, 6.07) is 0. The number of aliphatic hydroxyl groups excluding tert-OH is 2. The summed E-state index contributed by atoms with van der Waals surface area (Å²) in [4.78, 5) is 13.6. The molecule has 0 radical (unpaired) electrons. The van der Waals surface area contributed by atoms with E-state index in [0.29, 0.717) is 12.8 Å². The highest BCUT2D eigenvalue weighted by Gasteiger charge is 2.84. The van der Waals surface area contributed by atoms with Crippen LogP contribution in [0.1, 0.15) is 131 Å². The van der Waals surface area contributed by atoms with Crippen molar-refractivity contribution in [2.24, 2.45) is 23.7 Å². The van der Waals surface area contributed by atoms with Crippen molar-refractivity contribution in [1.29, 1.82) is 0 Å². The number of carbonyl (C=O) groups excluding carboxylic acids is 1. The molecule has 0 aromatic rings. The zero-order valence-corrected chi connectivity index (χ0v) is 29.0. The summed E-state index contributed by atoms with van der Waals surface area (Å²) in [6.45, 7) is 9.08. The van der Waals surface area contributed by atoms with Gasteiger partial charge in [-0.25, -0.2) is 0 Å². The van der Waals surface area contributed by atoms with Crippen LogP contribution in [0.5, 0.6) is 0 Å². The molecule has 0 aromatic heterocycles. The van der Waals surface area contributed by atoms with E-state index < -0.39 is 70.2 Å². The molecule has 2 aliphatic heterocycles. The Kier molecular flexibility index (Phi) is 10.6. The second-order valence-corrected chi connectivity index (χ2v) is 15.9.